The van der Waals surface area contributed by atoms with E-state index in [2.05, 4.69) is 4.98 Å². The van der Waals surface area contributed by atoms with Crippen molar-refractivity contribution in [2.24, 2.45) is 0 Å². The van der Waals surface area contributed by atoms with Gasteiger partial charge in [0.1, 0.15) is 5.75 Å². The number of rotatable bonds is 4. The molecule has 2 aromatic rings. The quantitative estimate of drug-likeness (QED) is 0.794. The van der Waals surface area contributed by atoms with Gasteiger partial charge in [0.15, 0.2) is 5.78 Å². The second-order valence-electron chi connectivity index (χ2n) is 3.80. The van der Waals surface area contributed by atoms with Crippen LogP contribution in [0.3, 0.4) is 0 Å². The number of pyridine rings is 1. The molecule has 0 saturated carbocycles. The molecule has 3 nitrogen and oxygen atoms in total. The Bertz CT molecular complexity index is 555. The van der Waals surface area contributed by atoms with Gasteiger partial charge >= 0.3 is 0 Å². The molecule has 0 fully saturated rings. The summed E-state index contributed by atoms with van der Waals surface area (Å²) >= 11 is 5.92. The highest BCUT2D eigenvalue weighted by Gasteiger charge is 2.11. The van der Waals surface area contributed by atoms with Gasteiger partial charge in [0, 0.05) is 35.0 Å². The molecule has 0 aliphatic heterocycles. The van der Waals surface area contributed by atoms with Crippen molar-refractivity contribution >= 4 is 17.4 Å². The van der Waals surface area contributed by atoms with Gasteiger partial charge < -0.3 is 4.74 Å². The van der Waals surface area contributed by atoms with Gasteiger partial charge in [-0.3, -0.25) is 9.78 Å². The molecular weight excluding hydrogens is 250 g/mol. The van der Waals surface area contributed by atoms with Crippen molar-refractivity contribution in [1.29, 1.82) is 0 Å². The first-order valence-corrected chi connectivity index (χ1v) is 5.84. The van der Waals surface area contributed by atoms with Gasteiger partial charge in [-0.05, 0) is 30.3 Å². The molecule has 1 aromatic carbocycles. The molecule has 0 unspecified atom stereocenters. The van der Waals surface area contributed by atoms with E-state index in [4.69, 9.17) is 16.3 Å². The van der Waals surface area contributed by atoms with Crippen LogP contribution in [0.5, 0.6) is 5.75 Å². The number of carbonyl (C=O) groups excluding carboxylic acids is 1. The summed E-state index contributed by atoms with van der Waals surface area (Å²) in [5.74, 6) is 0.653. The van der Waals surface area contributed by atoms with E-state index in [1.54, 1.807) is 49.8 Å². The van der Waals surface area contributed by atoms with Crippen LogP contribution in [0.2, 0.25) is 5.02 Å². The van der Waals surface area contributed by atoms with Crippen LogP contribution >= 0.6 is 11.6 Å². The summed E-state index contributed by atoms with van der Waals surface area (Å²) in [5, 5.41) is 0.588. The SMILES string of the molecule is COc1ccc(Cl)cc1CC(=O)c1cccnc1. The zero-order valence-electron chi connectivity index (χ0n) is 9.89. The summed E-state index contributed by atoms with van der Waals surface area (Å²) in [4.78, 5) is 16.0. The number of hydrogen-bond donors (Lipinski definition) is 0. The highest BCUT2D eigenvalue weighted by Crippen LogP contribution is 2.24. The van der Waals surface area contributed by atoms with Crippen molar-refractivity contribution in [3.8, 4) is 5.75 Å². The van der Waals surface area contributed by atoms with Crippen LogP contribution in [0.4, 0.5) is 0 Å². The number of carbonyl (C=O) groups is 1. The fourth-order valence-electron chi connectivity index (χ4n) is 1.69. The fraction of sp³-hybridized carbons (Fsp3) is 0.143. The minimum Gasteiger partial charge on any atom is -0.496 e. The monoisotopic (exact) mass is 261 g/mol. The normalized spacial score (nSPS) is 10.1. The van der Waals surface area contributed by atoms with Crippen LogP contribution < -0.4 is 4.74 Å². The van der Waals surface area contributed by atoms with Crippen molar-refractivity contribution in [1.82, 2.24) is 4.98 Å². The minimum atomic E-state index is -0.0105. The number of nitrogens with zero attached hydrogens (tertiary/aromatic N) is 1. The average molecular weight is 262 g/mol. The fourth-order valence-corrected chi connectivity index (χ4v) is 1.88. The molecule has 1 aromatic heterocycles. The number of hydrogen-bond acceptors (Lipinski definition) is 3. The molecule has 0 spiro atoms. The number of benzene rings is 1. The Labute approximate surface area is 110 Å². The second-order valence-corrected chi connectivity index (χ2v) is 4.23. The summed E-state index contributed by atoms with van der Waals surface area (Å²) in [5.41, 5.74) is 1.36. The topological polar surface area (TPSA) is 39.2 Å². The predicted octanol–water partition coefficient (Wildman–Crippen LogP) is 3.17. The maximum absolute atomic E-state index is 12.1. The number of halogens is 1. The molecule has 4 heteroatoms. The Balaban J connectivity index is 2.24. The lowest BCUT2D eigenvalue weighted by atomic mass is 10.0. The molecule has 0 amide bonds. The third-order valence-corrected chi connectivity index (χ3v) is 2.81. The first-order valence-electron chi connectivity index (χ1n) is 5.46. The van der Waals surface area contributed by atoms with Gasteiger partial charge in [-0.25, -0.2) is 0 Å². The van der Waals surface area contributed by atoms with Crippen molar-refractivity contribution in [2.75, 3.05) is 7.11 Å². The van der Waals surface area contributed by atoms with Gasteiger partial charge in [0.25, 0.3) is 0 Å². The molecule has 0 bridgehead atoms. The Morgan fingerprint density at radius 2 is 2.22 bits per heavy atom. The zero-order valence-corrected chi connectivity index (χ0v) is 10.6. The first kappa shape index (κ1) is 12.6. The largest absolute Gasteiger partial charge is 0.496 e. The molecule has 18 heavy (non-hydrogen) atoms. The highest BCUT2D eigenvalue weighted by molar-refractivity contribution is 6.30. The molecule has 0 aliphatic rings. The summed E-state index contributed by atoms with van der Waals surface area (Å²) in [6, 6.07) is 8.72. The van der Waals surface area contributed by atoms with E-state index in [0.29, 0.717) is 16.3 Å². The molecule has 0 saturated heterocycles. The Hall–Kier alpha value is -1.87. The van der Waals surface area contributed by atoms with Crippen molar-refractivity contribution in [3.63, 3.8) is 0 Å². The summed E-state index contributed by atoms with van der Waals surface area (Å²) in [6.07, 6.45) is 3.44. The smallest absolute Gasteiger partial charge is 0.168 e. The van der Waals surface area contributed by atoms with E-state index in [1.807, 2.05) is 0 Å². The van der Waals surface area contributed by atoms with Crippen LogP contribution in [-0.2, 0) is 6.42 Å². The van der Waals surface area contributed by atoms with Gasteiger partial charge in [0.2, 0.25) is 0 Å². The molecule has 1 heterocycles. The lowest BCUT2D eigenvalue weighted by Gasteiger charge is -2.08. The Morgan fingerprint density at radius 1 is 1.39 bits per heavy atom. The lowest BCUT2D eigenvalue weighted by Crippen LogP contribution is -2.05. The van der Waals surface area contributed by atoms with Gasteiger partial charge in [-0.15, -0.1) is 0 Å². The predicted molar refractivity (Wildman–Crippen MR) is 70.3 cm³/mol. The third kappa shape index (κ3) is 2.87. The first-order chi connectivity index (χ1) is 8.70. The van der Waals surface area contributed by atoms with Gasteiger partial charge in [0.05, 0.1) is 7.11 Å². The molecule has 0 N–H and O–H groups in total. The van der Waals surface area contributed by atoms with E-state index in [1.165, 1.54) is 0 Å². The summed E-state index contributed by atoms with van der Waals surface area (Å²) in [6.45, 7) is 0. The number of Topliss-reactive ketones (excluding diaryl/α,β-unsaturated/α-hetero) is 1. The van der Waals surface area contributed by atoms with Gasteiger partial charge in [-0.2, -0.15) is 0 Å². The Morgan fingerprint density at radius 3 is 2.89 bits per heavy atom. The standard InChI is InChI=1S/C14H12ClNO2/c1-18-14-5-4-12(15)7-11(14)8-13(17)10-3-2-6-16-9-10/h2-7,9H,8H2,1H3. The van der Waals surface area contributed by atoms with E-state index >= 15 is 0 Å². The van der Waals surface area contributed by atoms with Crippen molar-refractivity contribution in [3.05, 3.63) is 58.9 Å². The van der Waals surface area contributed by atoms with E-state index in [0.717, 1.165) is 5.56 Å². The van der Waals surface area contributed by atoms with Crippen molar-refractivity contribution in [2.45, 2.75) is 6.42 Å². The van der Waals surface area contributed by atoms with Crippen LogP contribution in [0, 0.1) is 0 Å². The Kier molecular flexibility index (Phi) is 3.95. The van der Waals surface area contributed by atoms with Crippen LogP contribution in [0.25, 0.3) is 0 Å². The number of methoxy groups -OCH3 is 1. The van der Waals surface area contributed by atoms with Crippen LogP contribution in [-0.4, -0.2) is 17.9 Å². The van der Waals surface area contributed by atoms with E-state index in [-0.39, 0.29) is 12.2 Å². The molecule has 0 radical (unpaired) electrons. The summed E-state index contributed by atoms with van der Waals surface area (Å²) < 4.78 is 5.21. The van der Waals surface area contributed by atoms with E-state index in [9.17, 15) is 4.79 Å². The van der Waals surface area contributed by atoms with Crippen molar-refractivity contribution < 1.29 is 9.53 Å². The molecular formula is C14H12ClNO2. The van der Waals surface area contributed by atoms with Crippen LogP contribution in [0.1, 0.15) is 15.9 Å². The van der Waals surface area contributed by atoms with Gasteiger partial charge in [-0.1, -0.05) is 11.6 Å². The average Bonchev–Trinajstić information content (AvgIpc) is 2.40. The summed E-state index contributed by atoms with van der Waals surface area (Å²) in [7, 11) is 1.57. The molecule has 0 aliphatic carbocycles. The minimum absolute atomic E-state index is 0.0105. The third-order valence-electron chi connectivity index (χ3n) is 2.58. The lowest BCUT2D eigenvalue weighted by molar-refractivity contribution is 0.0992. The highest BCUT2D eigenvalue weighted by atomic mass is 35.5. The maximum Gasteiger partial charge on any atom is 0.168 e. The molecule has 2 rings (SSSR count). The molecule has 0 atom stereocenters. The second kappa shape index (κ2) is 5.65. The van der Waals surface area contributed by atoms with E-state index < -0.39 is 0 Å². The molecule has 92 valence electrons. The number of ketones is 1. The maximum atomic E-state index is 12.1. The number of ether oxygens (including phenoxy) is 1. The van der Waals surface area contributed by atoms with Crippen LogP contribution in [0.15, 0.2) is 42.7 Å². The number of aromatic nitrogens is 1. The zero-order chi connectivity index (χ0) is 13.0.